The van der Waals surface area contributed by atoms with Crippen molar-refractivity contribution in [3.8, 4) is 0 Å². The van der Waals surface area contributed by atoms with E-state index in [1.807, 2.05) is 36.4 Å². The average Bonchev–Trinajstić information content (AvgIpc) is 2.48. The second-order valence-corrected chi connectivity index (χ2v) is 5.62. The molecule has 2 rings (SSSR count). The highest BCUT2D eigenvalue weighted by molar-refractivity contribution is 6.43. The molecular formula is C15H15ClO. The Kier molecular flexibility index (Phi) is 3.21. The molecule has 0 spiro atoms. The smallest absolute Gasteiger partial charge is 0.183 e. The van der Waals surface area contributed by atoms with Gasteiger partial charge in [0.15, 0.2) is 5.78 Å². The zero-order valence-electron chi connectivity index (χ0n) is 10.0. The fourth-order valence-electron chi connectivity index (χ4n) is 1.93. The number of hydrogen-bond donors (Lipinski definition) is 0. The average molecular weight is 247 g/mol. The van der Waals surface area contributed by atoms with E-state index in [4.69, 9.17) is 11.6 Å². The van der Waals surface area contributed by atoms with E-state index < -0.39 is 4.87 Å². The predicted octanol–water partition coefficient (Wildman–Crippen LogP) is 3.77. The second-order valence-electron chi connectivity index (χ2n) is 4.67. The van der Waals surface area contributed by atoms with Gasteiger partial charge in [-0.1, -0.05) is 42.5 Å². The molecule has 1 aromatic rings. The minimum atomic E-state index is -0.864. The number of allylic oxidation sites excluding steroid dienone is 4. The Morgan fingerprint density at radius 1 is 1.29 bits per heavy atom. The summed E-state index contributed by atoms with van der Waals surface area (Å²) in [7, 11) is 0. The minimum Gasteiger partial charge on any atom is -0.292 e. The molecule has 0 aliphatic heterocycles. The first-order valence-electron chi connectivity index (χ1n) is 5.69. The lowest BCUT2D eigenvalue weighted by Crippen LogP contribution is -2.25. The molecule has 2 heteroatoms. The topological polar surface area (TPSA) is 17.1 Å². The van der Waals surface area contributed by atoms with Crippen LogP contribution in [-0.2, 0) is 11.2 Å². The van der Waals surface area contributed by atoms with Gasteiger partial charge in [-0.3, -0.25) is 4.79 Å². The lowest BCUT2D eigenvalue weighted by Gasteiger charge is -2.17. The Balaban J connectivity index is 2.52. The third-order valence-corrected chi connectivity index (χ3v) is 3.00. The van der Waals surface area contributed by atoms with Crippen molar-refractivity contribution < 1.29 is 4.79 Å². The number of hydrogen-bond acceptors (Lipinski definition) is 1. The lowest BCUT2D eigenvalue weighted by atomic mass is 9.91. The largest absolute Gasteiger partial charge is 0.292 e. The molecule has 1 nitrogen and oxygen atoms in total. The van der Waals surface area contributed by atoms with Crippen LogP contribution in [-0.4, -0.2) is 10.7 Å². The van der Waals surface area contributed by atoms with Gasteiger partial charge >= 0.3 is 0 Å². The molecule has 0 unspecified atom stereocenters. The number of carbonyl (C=O) groups excluding carboxylic acids is 1. The van der Waals surface area contributed by atoms with E-state index in [-0.39, 0.29) is 5.78 Å². The Morgan fingerprint density at radius 2 is 2.00 bits per heavy atom. The van der Waals surface area contributed by atoms with Gasteiger partial charge in [-0.2, -0.15) is 0 Å². The van der Waals surface area contributed by atoms with Gasteiger partial charge in [0.2, 0.25) is 0 Å². The normalized spacial score (nSPS) is 14.9. The first kappa shape index (κ1) is 12.1. The summed E-state index contributed by atoms with van der Waals surface area (Å²) in [6, 6.07) is 7.97. The molecule has 0 bridgehead atoms. The highest BCUT2D eigenvalue weighted by Crippen LogP contribution is 2.29. The lowest BCUT2D eigenvalue weighted by molar-refractivity contribution is -0.115. The highest BCUT2D eigenvalue weighted by atomic mass is 35.5. The standard InChI is InChI=1S/C15H15ClO/c1-15(2,16)14(17)13-10-6-4-8-11-7-3-5-9-12(11)13/h3-7,9-10H,8H2,1-2H3. The molecule has 0 heterocycles. The summed E-state index contributed by atoms with van der Waals surface area (Å²) in [5, 5.41) is 0. The molecule has 88 valence electrons. The molecule has 0 atom stereocenters. The van der Waals surface area contributed by atoms with Crippen molar-refractivity contribution in [1.29, 1.82) is 0 Å². The van der Waals surface area contributed by atoms with Crippen molar-refractivity contribution in [1.82, 2.24) is 0 Å². The van der Waals surface area contributed by atoms with Crippen LogP contribution in [0, 0.1) is 0 Å². The highest BCUT2D eigenvalue weighted by Gasteiger charge is 2.29. The van der Waals surface area contributed by atoms with Crippen LogP contribution in [0.1, 0.15) is 25.0 Å². The van der Waals surface area contributed by atoms with Gasteiger partial charge in [0, 0.05) is 5.57 Å². The number of fused-ring (bicyclic) bond motifs is 1. The van der Waals surface area contributed by atoms with E-state index >= 15 is 0 Å². The molecule has 17 heavy (non-hydrogen) atoms. The molecule has 0 amide bonds. The fourth-order valence-corrected chi connectivity index (χ4v) is 2.03. The summed E-state index contributed by atoms with van der Waals surface area (Å²) >= 11 is 6.12. The molecule has 0 aromatic heterocycles. The van der Waals surface area contributed by atoms with Gasteiger partial charge in [-0.25, -0.2) is 0 Å². The first-order valence-corrected chi connectivity index (χ1v) is 6.07. The fraction of sp³-hybridized carbons (Fsp3) is 0.267. The van der Waals surface area contributed by atoms with Crippen molar-refractivity contribution in [3.05, 3.63) is 53.6 Å². The van der Waals surface area contributed by atoms with Gasteiger partial charge in [-0.05, 0) is 31.4 Å². The molecule has 0 saturated carbocycles. The quantitative estimate of drug-likeness (QED) is 0.726. The second kappa shape index (κ2) is 4.50. The van der Waals surface area contributed by atoms with Crippen LogP contribution in [0.4, 0.5) is 0 Å². The summed E-state index contributed by atoms with van der Waals surface area (Å²) in [6.45, 7) is 3.46. The number of Topliss-reactive ketones (excluding diaryl/α,β-unsaturated/α-hetero) is 1. The van der Waals surface area contributed by atoms with Gasteiger partial charge in [0.1, 0.15) is 4.87 Å². The summed E-state index contributed by atoms with van der Waals surface area (Å²) in [5.74, 6) is -0.0295. The van der Waals surface area contributed by atoms with E-state index in [2.05, 4.69) is 6.08 Å². The maximum Gasteiger partial charge on any atom is 0.183 e. The number of alkyl halides is 1. The van der Waals surface area contributed by atoms with Crippen molar-refractivity contribution in [2.24, 2.45) is 0 Å². The monoisotopic (exact) mass is 246 g/mol. The summed E-state index contributed by atoms with van der Waals surface area (Å²) < 4.78 is 0. The maximum atomic E-state index is 12.3. The van der Waals surface area contributed by atoms with Crippen molar-refractivity contribution >= 4 is 23.0 Å². The van der Waals surface area contributed by atoms with E-state index in [1.54, 1.807) is 13.8 Å². The zero-order chi connectivity index (χ0) is 12.5. The van der Waals surface area contributed by atoms with Crippen molar-refractivity contribution in [3.63, 3.8) is 0 Å². The number of ketones is 1. The molecule has 0 N–H and O–H groups in total. The van der Waals surface area contributed by atoms with Crippen LogP contribution in [0.15, 0.2) is 42.5 Å². The van der Waals surface area contributed by atoms with Crippen LogP contribution >= 0.6 is 11.6 Å². The van der Waals surface area contributed by atoms with Crippen LogP contribution in [0.2, 0.25) is 0 Å². The molecule has 0 saturated heterocycles. The molecular weight excluding hydrogens is 232 g/mol. The van der Waals surface area contributed by atoms with Gasteiger partial charge in [0.25, 0.3) is 0 Å². The van der Waals surface area contributed by atoms with E-state index in [0.717, 1.165) is 12.0 Å². The summed E-state index contributed by atoms with van der Waals surface area (Å²) in [5.41, 5.74) is 2.87. The molecule has 0 radical (unpaired) electrons. The van der Waals surface area contributed by atoms with Gasteiger partial charge < -0.3 is 0 Å². The minimum absolute atomic E-state index is 0.0295. The van der Waals surface area contributed by atoms with Crippen LogP contribution in [0.25, 0.3) is 5.57 Å². The summed E-state index contributed by atoms with van der Waals surface area (Å²) in [4.78, 5) is 11.4. The number of rotatable bonds is 2. The Morgan fingerprint density at radius 3 is 2.71 bits per heavy atom. The Labute approximate surface area is 107 Å². The maximum absolute atomic E-state index is 12.3. The molecule has 1 aliphatic carbocycles. The van der Waals surface area contributed by atoms with Crippen molar-refractivity contribution in [2.45, 2.75) is 25.1 Å². The predicted molar refractivity (Wildman–Crippen MR) is 72.2 cm³/mol. The van der Waals surface area contributed by atoms with E-state index in [1.165, 1.54) is 5.56 Å². The van der Waals surface area contributed by atoms with Gasteiger partial charge in [-0.15, -0.1) is 11.6 Å². The van der Waals surface area contributed by atoms with Crippen LogP contribution < -0.4 is 0 Å². The Hall–Kier alpha value is -1.34. The van der Waals surface area contributed by atoms with Crippen LogP contribution in [0.5, 0.6) is 0 Å². The molecule has 1 aliphatic rings. The number of halogens is 1. The molecule has 1 aromatic carbocycles. The molecule has 0 fully saturated rings. The number of benzene rings is 1. The SMILES string of the molecule is CC(C)(Cl)C(=O)C1=CC=CCc2ccccc21. The third kappa shape index (κ3) is 2.50. The van der Waals surface area contributed by atoms with E-state index in [0.29, 0.717) is 5.57 Å². The van der Waals surface area contributed by atoms with Crippen molar-refractivity contribution in [2.75, 3.05) is 0 Å². The first-order chi connectivity index (χ1) is 8.00. The van der Waals surface area contributed by atoms with Gasteiger partial charge in [0.05, 0.1) is 0 Å². The van der Waals surface area contributed by atoms with E-state index in [9.17, 15) is 4.79 Å². The number of carbonyl (C=O) groups is 1. The third-order valence-electron chi connectivity index (χ3n) is 2.83. The Bertz CT molecular complexity index is 504. The van der Waals surface area contributed by atoms with Crippen LogP contribution in [0.3, 0.4) is 0 Å². The zero-order valence-corrected chi connectivity index (χ0v) is 10.8. The summed E-state index contributed by atoms with van der Waals surface area (Å²) in [6.07, 6.45) is 6.70.